The van der Waals surface area contributed by atoms with Gasteiger partial charge in [0.15, 0.2) is 0 Å². The molecule has 0 bridgehead atoms. The van der Waals surface area contributed by atoms with Crippen LogP contribution in [0.2, 0.25) is 5.02 Å². The van der Waals surface area contributed by atoms with Crippen LogP contribution in [0.3, 0.4) is 0 Å². The Morgan fingerprint density at radius 2 is 2.31 bits per heavy atom. The highest BCUT2D eigenvalue weighted by Crippen LogP contribution is 2.24. The lowest BCUT2D eigenvalue weighted by molar-refractivity contribution is 0.0699. The summed E-state index contributed by atoms with van der Waals surface area (Å²) in [6, 6.07) is 2.99. The highest BCUT2D eigenvalue weighted by atomic mass is 35.5. The minimum atomic E-state index is -0.983. The summed E-state index contributed by atoms with van der Waals surface area (Å²) in [6.07, 6.45) is 1.45. The molecule has 0 atom stereocenters. The van der Waals surface area contributed by atoms with Crippen LogP contribution in [0, 0.1) is 0 Å². The first-order valence-corrected chi connectivity index (χ1v) is 3.93. The number of benzene rings is 1. The number of rotatable bonds is 1. The number of halogens is 1. The maximum atomic E-state index is 10.7. The van der Waals surface area contributed by atoms with Gasteiger partial charge in [-0.15, -0.1) is 0 Å². The number of carboxylic acids is 1. The number of hydrogen-bond acceptors (Lipinski definition) is 2. The number of aromatic carboxylic acids is 1. The molecule has 13 heavy (non-hydrogen) atoms. The smallest absolute Gasteiger partial charge is 0.336 e. The maximum Gasteiger partial charge on any atom is 0.336 e. The summed E-state index contributed by atoms with van der Waals surface area (Å²) in [5.41, 5.74) is 0.759. The molecule has 2 rings (SSSR count). The molecule has 1 heterocycles. The van der Waals surface area contributed by atoms with Crippen molar-refractivity contribution >= 4 is 28.5 Å². The zero-order valence-corrected chi connectivity index (χ0v) is 7.17. The molecule has 0 unspecified atom stereocenters. The van der Waals surface area contributed by atoms with Crippen molar-refractivity contribution in [3.05, 3.63) is 28.9 Å². The number of hydrogen-bond donors (Lipinski definition) is 2. The Hall–Kier alpha value is -1.55. The van der Waals surface area contributed by atoms with E-state index in [-0.39, 0.29) is 5.56 Å². The molecular weight excluding hydrogens is 192 g/mol. The van der Waals surface area contributed by atoms with Crippen molar-refractivity contribution in [1.29, 1.82) is 0 Å². The molecule has 1 aromatic carbocycles. The van der Waals surface area contributed by atoms with Gasteiger partial charge in [-0.1, -0.05) is 11.6 Å². The largest absolute Gasteiger partial charge is 0.478 e. The Balaban J connectivity index is 2.86. The van der Waals surface area contributed by atoms with Gasteiger partial charge in [-0.2, -0.15) is 5.10 Å². The third kappa shape index (κ3) is 1.15. The van der Waals surface area contributed by atoms with Crippen molar-refractivity contribution in [2.45, 2.75) is 0 Å². The van der Waals surface area contributed by atoms with Crippen LogP contribution in [-0.4, -0.2) is 21.3 Å². The number of carboxylic acid groups (broad SMARTS) is 1. The van der Waals surface area contributed by atoms with Crippen LogP contribution in [0.15, 0.2) is 18.3 Å². The third-order valence-corrected chi connectivity index (χ3v) is 2.11. The van der Waals surface area contributed by atoms with Crippen LogP contribution in [0.5, 0.6) is 0 Å². The molecule has 2 aromatic rings. The zero-order valence-electron chi connectivity index (χ0n) is 6.41. The van der Waals surface area contributed by atoms with Gasteiger partial charge in [-0.3, -0.25) is 5.10 Å². The second kappa shape index (κ2) is 2.74. The van der Waals surface area contributed by atoms with Gasteiger partial charge in [-0.05, 0) is 12.1 Å². The van der Waals surface area contributed by atoms with Gasteiger partial charge in [0.05, 0.1) is 22.3 Å². The molecule has 0 radical (unpaired) electrons. The molecule has 0 aliphatic carbocycles. The van der Waals surface area contributed by atoms with Crippen LogP contribution in [-0.2, 0) is 0 Å². The Bertz CT molecular complexity index is 478. The topological polar surface area (TPSA) is 66.0 Å². The SMILES string of the molecule is O=C(O)c1ccc(Cl)c2[nH]ncc12. The molecular formula is C8H5ClN2O2. The summed E-state index contributed by atoms with van der Waals surface area (Å²) >= 11 is 5.81. The average Bonchev–Trinajstić information content (AvgIpc) is 2.53. The van der Waals surface area contributed by atoms with Gasteiger partial charge >= 0.3 is 5.97 Å². The fourth-order valence-corrected chi connectivity index (χ4v) is 1.40. The normalized spacial score (nSPS) is 10.5. The number of aromatic nitrogens is 2. The predicted molar refractivity (Wildman–Crippen MR) is 48.1 cm³/mol. The Morgan fingerprint density at radius 3 is 3.00 bits per heavy atom. The lowest BCUT2D eigenvalue weighted by Gasteiger charge is -1.97. The molecule has 0 spiro atoms. The maximum absolute atomic E-state index is 10.7. The zero-order chi connectivity index (χ0) is 9.42. The summed E-state index contributed by atoms with van der Waals surface area (Å²) in [5.74, 6) is -0.983. The summed E-state index contributed by atoms with van der Waals surface area (Å²) < 4.78 is 0. The van der Waals surface area contributed by atoms with Crippen molar-refractivity contribution in [3.8, 4) is 0 Å². The first-order valence-electron chi connectivity index (χ1n) is 3.55. The fourth-order valence-electron chi connectivity index (χ4n) is 1.19. The molecule has 4 nitrogen and oxygen atoms in total. The van der Waals surface area contributed by atoms with Gasteiger partial charge in [0.1, 0.15) is 0 Å². The number of fused-ring (bicyclic) bond motifs is 1. The lowest BCUT2D eigenvalue weighted by Crippen LogP contribution is -1.96. The molecule has 1 aromatic heterocycles. The van der Waals surface area contributed by atoms with Gasteiger partial charge in [-0.25, -0.2) is 4.79 Å². The van der Waals surface area contributed by atoms with E-state index in [9.17, 15) is 4.79 Å². The molecule has 5 heteroatoms. The molecule has 0 fully saturated rings. The summed E-state index contributed by atoms with van der Waals surface area (Å²) in [6.45, 7) is 0. The van der Waals surface area contributed by atoms with Crippen LogP contribution in [0.1, 0.15) is 10.4 Å². The number of nitrogens with one attached hydrogen (secondary N) is 1. The number of aromatic amines is 1. The van der Waals surface area contributed by atoms with E-state index in [2.05, 4.69) is 10.2 Å². The molecule has 0 amide bonds. The Labute approximate surface area is 78.1 Å². The summed E-state index contributed by atoms with van der Waals surface area (Å²) in [7, 11) is 0. The van der Waals surface area contributed by atoms with Crippen LogP contribution < -0.4 is 0 Å². The van der Waals surface area contributed by atoms with Crippen LogP contribution in [0.4, 0.5) is 0 Å². The average molecular weight is 197 g/mol. The molecule has 0 saturated heterocycles. The molecule has 0 aliphatic heterocycles. The number of H-pyrrole nitrogens is 1. The highest BCUT2D eigenvalue weighted by molar-refractivity contribution is 6.35. The minimum absolute atomic E-state index is 0.202. The lowest BCUT2D eigenvalue weighted by atomic mass is 10.1. The summed E-state index contributed by atoms with van der Waals surface area (Å²) in [4.78, 5) is 10.7. The second-order valence-electron chi connectivity index (χ2n) is 2.56. The van der Waals surface area contributed by atoms with Crippen molar-refractivity contribution < 1.29 is 9.90 Å². The quantitative estimate of drug-likeness (QED) is 0.732. The van der Waals surface area contributed by atoms with E-state index in [4.69, 9.17) is 16.7 Å². The summed E-state index contributed by atoms with van der Waals surface area (Å²) in [5, 5.41) is 16.2. The van der Waals surface area contributed by atoms with E-state index < -0.39 is 5.97 Å². The molecule has 0 saturated carbocycles. The van der Waals surface area contributed by atoms with Crippen molar-refractivity contribution in [3.63, 3.8) is 0 Å². The first kappa shape index (κ1) is 8.07. The predicted octanol–water partition coefficient (Wildman–Crippen LogP) is 1.91. The highest BCUT2D eigenvalue weighted by Gasteiger charge is 2.11. The number of carbonyl (C=O) groups is 1. The Morgan fingerprint density at radius 1 is 1.54 bits per heavy atom. The van der Waals surface area contributed by atoms with Gasteiger partial charge in [0, 0.05) is 5.39 Å². The van der Waals surface area contributed by atoms with Gasteiger partial charge < -0.3 is 5.11 Å². The second-order valence-corrected chi connectivity index (χ2v) is 2.97. The Kier molecular flexibility index (Phi) is 1.70. The molecule has 0 aliphatic rings. The van der Waals surface area contributed by atoms with E-state index in [1.165, 1.54) is 18.3 Å². The fraction of sp³-hybridized carbons (Fsp3) is 0. The molecule has 66 valence electrons. The van der Waals surface area contributed by atoms with Crippen molar-refractivity contribution in [2.75, 3.05) is 0 Å². The van der Waals surface area contributed by atoms with E-state index >= 15 is 0 Å². The third-order valence-electron chi connectivity index (χ3n) is 1.80. The van der Waals surface area contributed by atoms with Gasteiger partial charge in [0.2, 0.25) is 0 Å². The van der Waals surface area contributed by atoms with E-state index in [1.807, 2.05) is 0 Å². The van der Waals surface area contributed by atoms with Crippen molar-refractivity contribution in [2.24, 2.45) is 0 Å². The first-order chi connectivity index (χ1) is 6.20. The van der Waals surface area contributed by atoms with Crippen molar-refractivity contribution in [1.82, 2.24) is 10.2 Å². The van der Waals surface area contributed by atoms with E-state index in [0.717, 1.165) is 0 Å². The monoisotopic (exact) mass is 196 g/mol. The molecule has 2 N–H and O–H groups in total. The van der Waals surface area contributed by atoms with Crippen LogP contribution >= 0.6 is 11.6 Å². The van der Waals surface area contributed by atoms with Crippen LogP contribution in [0.25, 0.3) is 10.9 Å². The van der Waals surface area contributed by atoms with Gasteiger partial charge in [0.25, 0.3) is 0 Å². The standard InChI is InChI=1S/C8H5ClN2O2/c9-6-2-1-4(8(12)13)5-3-10-11-7(5)6/h1-3H,(H,10,11)(H,12,13). The van der Waals surface area contributed by atoms with E-state index in [0.29, 0.717) is 15.9 Å². The minimum Gasteiger partial charge on any atom is -0.478 e. The van der Waals surface area contributed by atoms with E-state index in [1.54, 1.807) is 0 Å². The number of nitrogens with zero attached hydrogens (tertiary/aromatic N) is 1.